The maximum Gasteiger partial charge on any atom is 0.0722 e. The van der Waals surface area contributed by atoms with Gasteiger partial charge in [0, 0.05) is 59.6 Å². The number of hydrogen-bond donors (Lipinski definition) is 1. The molecule has 1 rings (SSSR count). The Labute approximate surface area is 113 Å². The van der Waals surface area contributed by atoms with E-state index in [1.165, 1.54) is 5.56 Å². The smallest absolute Gasteiger partial charge is 0.0722 e. The average molecular weight is 271 g/mol. The summed E-state index contributed by atoms with van der Waals surface area (Å²) >= 11 is 0. The van der Waals surface area contributed by atoms with Crippen LogP contribution in [-0.2, 0) is 29.8 Å². The van der Waals surface area contributed by atoms with E-state index in [-0.39, 0.29) is 10.7 Å². The van der Waals surface area contributed by atoms with Crippen molar-refractivity contribution in [1.82, 2.24) is 15.1 Å². The van der Waals surface area contributed by atoms with Gasteiger partial charge >= 0.3 is 0 Å². The van der Waals surface area contributed by atoms with Crippen molar-refractivity contribution in [1.29, 1.82) is 0 Å². The first-order chi connectivity index (χ1) is 8.21. The van der Waals surface area contributed by atoms with Crippen LogP contribution in [0.15, 0.2) is 6.20 Å². The fourth-order valence-corrected chi connectivity index (χ4v) is 2.18. The van der Waals surface area contributed by atoms with Gasteiger partial charge in [-0.05, 0) is 6.92 Å². The highest BCUT2D eigenvalue weighted by molar-refractivity contribution is 7.84. The summed E-state index contributed by atoms with van der Waals surface area (Å²) in [6.07, 6.45) is 3.80. The topological polar surface area (TPSA) is 46.9 Å². The molecular weight excluding hydrogens is 246 g/mol. The van der Waals surface area contributed by atoms with Crippen molar-refractivity contribution in [3.05, 3.63) is 17.5 Å². The Morgan fingerprint density at radius 3 is 2.61 bits per heavy atom. The number of nitrogens with zero attached hydrogens (tertiary/aromatic N) is 2. The van der Waals surface area contributed by atoms with Gasteiger partial charge in [-0.1, -0.05) is 20.8 Å². The molecule has 1 N–H and O–H groups in total. The zero-order chi connectivity index (χ0) is 13.9. The Kier molecular flexibility index (Phi) is 5.10. The number of nitrogens with one attached hydrogen (secondary N) is 1. The second-order valence-electron chi connectivity index (χ2n) is 5.87. The summed E-state index contributed by atoms with van der Waals surface area (Å²) in [4.78, 5) is 0. The van der Waals surface area contributed by atoms with Gasteiger partial charge in [0.05, 0.1) is 5.69 Å². The number of rotatable bonds is 5. The van der Waals surface area contributed by atoms with Gasteiger partial charge in [0.25, 0.3) is 0 Å². The van der Waals surface area contributed by atoms with E-state index in [9.17, 15) is 4.21 Å². The molecular formula is C13H25N3OS. The van der Waals surface area contributed by atoms with Crippen LogP contribution in [0.4, 0.5) is 0 Å². The summed E-state index contributed by atoms with van der Waals surface area (Å²) in [5, 5.41) is 8.07. The second kappa shape index (κ2) is 5.97. The molecule has 0 amide bonds. The van der Waals surface area contributed by atoms with Crippen molar-refractivity contribution in [2.45, 2.75) is 44.9 Å². The first-order valence-corrected chi connectivity index (χ1v) is 7.90. The molecule has 0 aliphatic heterocycles. The van der Waals surface area contributed by atoms with E-state index in [0.717, 1.165) is 18.8 Å². The monoisotopic (exact) mass is 271 g/mol. The molecule has 0 fully saturated rings. The summed E-state index contributed by atoms with van der Waals surface area (Å²) in [5.41, 5.74) is 2.40. The van der Waals surface area contributed by atoms with Gasteiger partial charge in [0.15, 0.2) is 0 Å². The lowest BCUT2D eigenvalue weighted by Crippen LogP contribution is -2.28. The molecule has 1 heterocycles. The van der Waals surface area contributed by atoms with Crippen molar-refractivity contribution < 1.29 is 4.21 Å². The van der Waals surface area contributed by atoms with Gasteiger partial charge in [-0.2, -0.15) is 5.10 Å². The highest BCUT2D eigenvalue weighted by atomic mass is 32.2. The quantitative estimate of drug-likeness (QED) is 0.884. The maximum atomic E-state index is 11.3. The third kappa shape index (κ3) is 4.21. The summed E-state index contributed by atoms with van der Waals surface area (Å²) in [6, 6.07) is 0. The largest absolute Gasteiger partial charge is 0.311 e. The molecule has 4 nitrogen and oxygen atoms in total. The SMILES string of the molecule is CC(CNCc1cn(C)nc1C(C)(C)C)S(C)=O. The van der Waals surface area contributed by atoms with Crippen LogP contribution in [0, 0.1) is 0 Å². The van der Waals surface area contributed by atoms with E-state index in [1.54, 1.807) is 6.26 Å². The first-order valence-electron chi connectivity index (χ1n) is 6.27. The number of aromatic nitrogens is 2. The van der Waals surface area contributed by atoms with E-state index < -0.39 is 10.8 Å². The van der Waals surface area contributed by atoms with Crippen LogP contribution in [0.5, 0.6) is 0 Å². The van der Waals surface area contributed by atoms with Crippen molar-refractivity contribution >= 4 is 10.8 Å². The molecule has 0 radical (unpaired) electrons. The van der Waals surface area contributed by atoms with Crippen molar-refractivity contribution in [2.75, 3.05) is 12.8 Å². The van der Waals surface area contributed by atoms with Crippen molar-refractivity contribution in [2.24, 2.45) is 7.05 Å². The highest BCUT2D eigenvalue weighted by Crippen LogP contribution is 2.23. The Hall–Kier alpha value is -0.680. The molecule has 0 spiro atoms. The summed E-state index contributed by atoms with van der Waals surface area (Å²) in [6.45, 7) is 10.0. The van der Waals surface area contributed by atoms with Crippen LogP contribution in [0.25, 0.3) is 0 Å². The van der Waals surface area contributed by atoms with E-state index >= 15 is 0 Å². The molecule has 2 unspecified atom stereocenters. The zero-order valence-electron chi connectivity index (χ0n) is 12.3. The van der Waals surface area contributed by atoms with Gasteiger partial charge in [0.2, 0.25) is 0 Å². The number of hydrogen-bond acceptors (Lipinski definition) is 3. The van der Waals surface area contributed by atoms with Crippen molar-refractivity contribution in [3.63, 3.8) is 0 Å². The van der Waals surface area contributed by atoms with E-state index in [1.807, 2.05) is 18.7 Å². The molecule has 1 aromatic heterocycles. The lowest BCUT2D eigenvalue weighted by molar-refractivity contribution is 0.543. The molecule has 5 heteroatoms. The first kappa shape index (κ1) is 15.4. The molecule has 0 saturated carbocycles. The molecule has 0 aliphatic carbocycles. The van der Waals surface area contributed by atoms with E-state index in [0.29, 0.717) is 0 Å². The maximum absolute atomic E-state index is 11.3. The van der Waals surface area contributed by atoms with Crippen molar-refractivity contribution in [3.8, 4) is 0 Å². The predicted molar refractivity (Wildman–Crippen MR) is 77.1 cm³/mol. The summed E-state index contributed by atoms with van der Waals surface area (Å²) in [5.74, 6) is 0. The second-order valence-corrected chi connectivity index (χ2v) is 7.67. The lowest BCUT2D eigenvalue weighted by Gasteiger charge is -2.18. The standard InChI is InChI=1S/C13H25N3OS/c1-10(18(6)17)7-14-8-11-9-16(5)15-12(11)13(2,3)4/h9-10,14H,7-8H2,1-6H3. The minimum atomic E-state index is -0.769. The normalized spacial score (nSPS) is 15.7. The molecule has 0 bridgehead atoms. The Morgan fingerprint density at radius 1 is 1.50 bits per heavy atom. The van der Waals surface area contributed by atoms with E-state index in [2.05, 4.69) is 37.4 Å². The lowest BCUT2D eigenvalue weighted by atomic mass is 9.89. The van der Waals surface area contributed by atoms with Crippen LogP contribution >= 0.6 is 0 Å². The van der Waals surface area contributed by atoms with Crippen LogP contribution in [0.3, 0.4) is 0 Å². The molecule has 18 heavy (non-hydrogen) atoms. The fraction of sp³-hybridized carbons (Fsp3) is 0.769. The van der Waals surface area contributed by atoms with Crippen LogP contribution < -0.4 is 5.32 Å². The molecule has 0 aliphatic rings. The summed E-state index contributed by atoms with van der Waals surface area (Å²) in [7, 11) is 1.18. The minimum Gasteiger partial charge on any atom is -0.311 e. The zero-order valence-corrected chi connectivity index (χ0v) is 13.1. The van der Waals surface area contributed by atoms with Gasteiger partial charge in [-0.3, -0.25) is 8.89 Å². The highest BCUT2D eigenvalue weighted by Gasteiger charge is 2.21. The third-order valence-corrected chi connectivity index (χ3v) is 4.23. The Morgan fingerprint density at radius 2 is 2.11 bits per heavy atom. The molecule has 1 aromatic rings. The Bertz CT molecular complexity index is 420. The molecule has 2 atom stereocenters. The van der Waals surface area contributed by atoms with E-state index in [4.69, 9.17) is 0 Å². The number of aryl methyl sites for hydroxylation is 1. The van der Waals surface area contributed by atoms with Gasteiger partial charge in [-0.15, -0.1) is 0 Å². The minimum absolute atomic E-state index is 0.0530. The molecule has 0 saturated heterocycles. The van der Waals surface area contributed by atoms with Gasteiger partial charge in [0.1, 0.15) is 0 Å². The van der Waals surface area contributed by atoms with Crippen LogP contribution in [-0.4, -0.2) is 32.0 Å². The molecule has 0 aromatic carbocycles. The third-order valence-electron chi connectivity index (χ3n) is 2.93. The van der Waals surface area contributed by atoms with Crippen LogP contribution in [0.1, 0.15) is 39.0 Å². The summed E-state index contributed by atoms with van der Waals surface area (Å²) < 4.78 is 13.1. The fourth-order valence-electron chi connectivity index (χ4n) is 1.83. The predicted octanol–water partition coefficient (Wildman–Crippen LogP) is 1.57. The molecule has 104 valence electrons. The van der Waals surface area contributed by atoms with Gasteiger partial charge in [-0.25, -0.2) is 0 Å². The van der Waals surface area contributed by atoms with Crippen LogP contribution in [0.2, 0.25) is 0 Å². The Balaban J connectivity index is 2.65. The van der Waals surface area contributed by atoms with Gasteiger partial charge < -0.3 is 5.32 Å². The average Bonchev–Trinajstić information content (AvgIpc) is 2.59.